The molecule has 0 atom stereocenters. The second-order valence-electron chi connectivity index (χ2n) is 2.43. The Morgan fingerprint density at radius 1 is 1.46 bits per heavy atom. The molecule has 0 aliphatic carbocycles. The van der Waals surface area contributed by atoms with Crippen molar-refractivity contribution in [3.05, 3.63) is 0 Å². The van der Waals surface area contributed by atoms with Crippen LogP contribution in [0.25, 0.3) is 0 Å². The molecule has 1 rings (SSSR count). The average molecular weight is 181 g/mol. The molecule has 1 aliphatic heterocycles. The van der Waals surface area contributed by atoms with Crippen LogP contribution in [0.15, 0.2) is 0 Å². The van der Waals surface area contributed by atoms with Crippen LogP contribution in [-0.4, -0.2) is 22.8 Å². The summed E-state index contributed by atoms with van der Waals surface area (Å²) in [6.07, 6.45) is 4.75. The van der Waals surface area contributed by atoms with Crippen molar-refractivity contribution in [1.82, 2.24) is 5.06 Å². The minimum Gasteiger partial charge on any atom is -0.329 e. The van der Waals surface area contributed by atoms with Crippen molar-refractivity contribution in [3.8, 4) is 12.3 Å². The molecule has 0 aromatic rings. The summed E-state index contributed by atoms with van der Waals surface area (Å²) in [4.78, 5) is 37.0. The van der Waals surface area contributed by atoms with Gasteiger partial charge in [0.25, 0.3) is 11.8 Å². The second kappa shape index (κ2) is 3.72. The maximum absolute atomic E-state index is 10.9. The van der Waals surface area contributed by atoms with Crippen molar-refractivity contribution in [3.63, 3.8) is 0 Å². The highest BCUT2D eigenvalue weighted by Gasteiger charge is 2.32. The summed E-state index contributed by atoms with van der Waals surface area (Å²) in [6.45, 7) is 0. The molecule has 1 heterocycles. The minimum absolute atomic E-state index is 0.0855. The van der Waals surface area contributed by atoms with Gasteiger partial charge in [0.1, 0.15) is 6.42 Å². The number of carbonyl (C=O) groups excluding carboxylic acids is 3. The summed E-state index contributed by atoms with van der Waals surface area (Å²) in [5, 5.41) is 0.472. The van der Waals surface area contributed by atoms with Gasteiger partial charge in [-0.25, -0.2) is 4.79 Å². The number of terminal acetylenes is 1. The number of carbonyl (C=O) groups is 3. The lowest BCUT2D eigenvalue weighted by Gasteiger charge is -2.10. The molecule has 0 bridgehead atoms. The smallest absolute Gasteiger partial charge is 0.329 e. The molecule has 0 N–H and O–H groups in total. The van der Waals surface area contributed by atoms with Gasteiger partial charge in [0.15, 0.2) is 0 Å². The average Bonchev–Trinajstić information content (AvgIpc) is 2.36. The second-order valence-corrected chi connectivity index (χ2v) is 2.43. The van der Waals surface area contributed by atoms with Gasteiger partial charge in [0.2, 0.25) is 0 Å². The Hall–Kier alpha value is -1.83. The van der Waals surface area contributed by atoms with Crippen LogP contribution in [-0.2, 0) is 19.2 Å². The fourth-order valence-electron chi connectivity index (χ4n) is 0.875. The van der Waals surface area contributed by atoms with Gasteiger partial charge in [0.05, 0.1) is 0 Å². The van der Waals surface area contributed by atoms with Gasteiger partial charge in [0, 0.05) is 12.8 Å². The molecule has 1 saturated heterocycles. The van der Waals surface area contributed by atoms with Crippen LogP contribution >= 0.6 is 0 Å². The first kappa shape index (κ1) is 9.26. The minimum atomic E-state index is -0.772. The van der Waals surface area contributed by atoms with Crippen molar-refractivity contribution in [2.45, 2.75) is 19.3 Å². The Bertz CT molecular complexity index is 286. The maximum Gasteiger partial charge on any atom is 0.344 e. The number of imide groups is 1. The third-order valence-electron chi connectivity index (χ3n) is 1.45. The van der Waals surface area contributed by atoms with Gasteiger partial charge in [-0.15, -0.1) is 11.5 Å². The molecule has 0 unspecified atom stereocenters. The summed E-state index contributed by atoms with van der Waals surface area (Å²) in [7, 11) is 0. The molecule has 5 heteroatoms. The third kappa shape index (κ3) is 2.06. The number of rotatable bonds is 2. The van der Waals surface area contributed by atoms with E-state index in [1.54, 1.807) is 0 Å². The molecule has 1 fully saturated rings. The predicted molar refractivity (Wildman–Crippen MR) is 40.6 cm³/mol. The van der Waals surface area contributed by atoms with E-state index in [4.69, 9.17) is 6.42 Å². The highest BCUT2D eigenvalue weighted by molar-refractivity contribution is 6.01. The quantitative estimate of drug-likeness (QED) is 0.430. The maximum atomic E-state index is 10.9. The van der Waals surface area contributed by atoms with Crippen LogP contribution in [0, 0.1) is 12.3 Å². The number of hydrogen-bond acceptors (Lipinski definition) is 4. The molecule has 68 valence electrons. The van der Waals surface area contributed by atoms with E-state index in [-0.39, 0.29) is 19.3 Å². The van der Waals surface area contributed by atoms with Crippen LogP contribution in [0.5, 0.6) is 0 Å². The van der Waals surface area contributed by atoms with Crippen LogP contribution < -0.4 is 0 Å². The van der Waals surface area contributed by atoms with E-state index >= 15 is 0 Å². The molecule has 0 radical (unpaired) electrons. The van der Waals surface area contributed by atoms with Gasteiger partial charge in [-0.05, 0) is 0 Å². The van der Waals surface area contributed by atoms with Gasteiger partial charge >= 0.3 is 5.97 Å². The lowest BCUT2D eigenvalue weighted by molar-refractivity contribution is -0.196. The van der Waals surface area contributed by atoms with E-state index < -0.39 is 17.8 Å². The number of amides is 2. The zero-order valence-corrected chi connectivity index (χ0v) is 6.78. The Kier molecular flexibility index (Phi) is 2.65. The van der Waals surface area contributed by atoms with E-state index in [1.807, 2.05) is 5.92 Å². The lowest BCUT2D eigenvalue weighted by Crippen LogP contribution is -2.31. The monoisotopic (exact) mass is 181 g/mol. The Morgan fingerprint density at radius 2 is 2.00 bits per heavy atom. The normalized spacial score (nSPS) is 15.8. The Balaban J connectivity index is 2.54. The molecule has 0 aromatic heterocycles. The molecule has 1 aliphatic rings. The van der Waals surface area contributed by atoms with Crippen molar-refractivity contribution < 1.29 is 19.2 Å². The van der Waals surface area contributed by atoms with Crippen molar-refractivity contribution in [1.29, 1.82) is 0 Å². The van der Waals surface area contributed by atoms with Crippen LogP contribution in [0.4, 0.5) is 0 Å². The fourth-order valence-corrected chi connectivity index (χ4v) is 0.875. The van der Waals surface area contributed by atoms with Crippen molar-refractivity contribution in [2.24, 2.45) is 0 Å². The largest absolute Gasteiger partial charge is 0.344 e. The number of nitrogens with zero attached hydrogens (tertiary/aromatic N) is 1. The van der Waals surface area contributed by atoms with Crippen LogP contribution in [0.2, 0.25) is 0 Å². The van der Waals surface area contributed by atoms with E-state index in [1.165, 1.54) is 0 Å². The summed E-state index contributed by atoms with van der Waals surface area (Å²) in [6, 6.07) is 0. The first-order valence-electron chi connectivity index (χ1n) is 3.65. The molecule has 5 nitrogen and oxygen atoms in total. The Morgan fingerprint density at radius 3 is 2.46 bits per heavy atom. The third-order valence-corrected chi connectivity index (χ3v) is 1.45. The molecular weight excluding hydrogens is 174 g/mol. The van der Waals surface area contributed by atoms with E-state index in [0.29, 0.717) is 5.06 Å². The molecule has 2 amide bonds. The summed E-state index contributed by atoms with van der Waals surface area (Å²) >= 11 is 0. The summed E-state index contributed by atoms with van der Waals surface area (Å²) in [5.41, 5.74) is 0. The highest BCUT2D eigenvalue weighted by Crippen LogP contribution is 2.12. The molecule has 0 spiro atoms. The topological polar surface area (TPSA) is 63.7 Å². The first-order chi connectivity index (χ1) is 6.15. The van der Waals surface area contributed by atoms with Crippen LogP contribution in [0.1, 0.15) is 19.3 Å². The lowest BCUT2D eigenvalue weighted by atomic mass is 10.4. The standard InChI is InChI=1S/C8H7NO4/c1-2-3-8(12)13-9-6(10)4-5-7(9)11/h1H,3-5H2. The van der Waals surface area contributed by atoms with Gasteiger partial charge in [-0.3, -0.25) is 9.59 Å². The molecular formula is C8H7NO4. The predicted octanol–water partition coefficient (Wildman–Crippen LogP) is -0.383. The fraction of sp³-hybridized carbons (Fsp3) is 0.375. The van der Waals surface area contributed by atoms with Crippen molar-refractivity contribution >= 4 is 17.8 Å². The van der Waals surface area contributed by atoms with E-state index in [2.05, 4.69) is 4.84 Å². The van der Waals surface area contributed by atoms with E-state index in [0.717, 1.165) is 0 Å². The first-order valence-corrected chi connectivity index (χ1v) is 3.65. The number of hydroxylamine groups is 2. The van der Waals surface area contributed by atoms with Gasteiger partial charge in [-0.1, -0.05) is 5.92 Å². The Labute approximate surface area is 74.6 Å². The van der Waals surface area contributed by atoms with Gasteiger partial charge < -0.3 is 4.84 Å². The van der Waals surface area contributed by atoms with E-state index in [9.17, 15) is 14.4 Å². The molecule has 13 heavy (non-hydrogen) atoms. The summed E-state index contributed by atoms with van der Waals surface area (Å²) in [5.74, 6) is 0.267. The molecule has 0 aromatic carbocycles. The zero-order chi connectivity index (χ0) is 9.84. The zero-order valence-electron chi connectivity index (χ0n) is 6.78. The number of hydrogen-bond donors (Lipinski definition) is 0. The molecule has 0 saturated carbocycles. The highest BCUT2D eigenvalue weighted by atomic mass is 16.7. The van der Waals surface area contributed by atoms with Crippen molar-refractivity contribution in [2.75, 3.05) is 0 Å². The summed E-state index contributed by atoms with van der Waals surface area (Å²) < 4.78 is 0. The van der Waals surface area contributed by atoms with Gasteiger partial charge in [-0.2, -0.15) is 0 Å². The van der Waals surface area contributed by atoms with Crippen LogP contribution in [0.3, 0.4) is 0 Å². The SMILES string of the molecule is C#CCC(=O)ON1C(=O)CCC1=O.